The van der Waals surface area contributed by atoms with Crippen molar-refractivity contribution in [3.05, 3.63) is 29.3 Å². The predicted molar refractivity (Wildman–Crippen MR) is 66.3 cm³/mol. The highest BCUT2D eigenvalue weighted by molar-refractivity contribution is 6.30. The Morgan fingerprint density at radius 2 is 2.00 bits per heavy atom. The Balaban J connectivity index is 1.96. The number of Topliss-reactive ketones (excluding diaryl/α,β-unsaturated/α-hetero) is 1. The van der Waals surface area contributed by atoms with Crippen LogP contribution in [-0.2, 0) is 4.79 Å². The first-order valence-electron chi connectivity index (χ1n) is 5.48. The fourth-order valence-corrected chi connectivity index (χ4v) is 1.87. The molecule has 90 valence electrons. The molecule has 1 aliphatic rings. The zero-order valence-electron chi connectivity index (χ0n) is 9.28. The second-order valence-corrected chi connectivity index (χ2v) is 4.44. The van der Waals surface area contributed by atoms with Crippen LogP contribution >= 0.6 is 11.6 Å². The van der Waals surface area contributed by atoms with E-state index in [1.54, 1.807) is 24.3 Å². The molecule has 1 aliphatic heterocycles. The van der Waals surface area contributed by atoms with Gasteiger partial charge < -0.3 is 10.2 Å². The molecule has 0 aliphatic carbocycles. The SMILES string of the molecule is O=C1CCCN(C(=O)Nc2ccc(Cl)cc2)C1. The number of anilines is 1. The third-order valence-corrected chi connectivity index (χ3v) is 2.89. The van der Waals surface area contributed by atoms with Crippen LogP contribution in [0.3, 0.4) is 0 Å². The predicted octanol–water partition coefficient (Wildman–Crippen LogP) is 2.54. The lowest BCUT2D eigenvalue weighted by atomic mass is 10.1. The fraction of sp³-hybridized carbons (Fsp3) is 0.333. The maximum atomic E-state index is 11.8. The van der Waals surface area contributed by atoms with Gasteiger partial charge in [-0.2, -0.15) is 0 Å². The summed E-state index contributed by atoms with van der Waals surface area (Å²) in [5, 5.41) is 3.36. The van der Waals surface area contributed by atoms with E-state index in [1.807, 2.05) is 0 Å². The maximum Gasteiger partial charge on any atom is 0.322 e. The van der Waals surface area contributed by atoms with Crippen molar-refractivity contribution in [2.24, 2.45) is 0 Å². The number of hydrogen-bond donors (Lipinski definition) is 1. The molecule has 1 saturated heterocycles. The number of ketones is 1. The van der Waals surface area contributed by atoms with Gasteiger partial charge in [0.05, 0.1) is 6.54 Å². The van der Waals surface area contributed by atoms with Crippen LogP contribution in [0.15, 0.2) is 24.3 Å². The van der Waals surface area contributed by atoms with Gasteiger partial charge in [0.1, 0.15) is 0 Å². The molecule has 0 aromatic heterocycles. The summed E-state index contributed by atoms with van der Waals surface area (Å²) in [6, 6.07) is 6.63. The lowest BCUT2D eigenvalue weighted by molar-refractivity contribution is -0.121. The molecule has 17 heavy (non-hydrogen) atoms. The first-order valence-corrected chi connectivity index (χ1v) is 5.86. The molecule has 0 bridgehead atoms. The van der Waals surface area contributed by atoms with Gasteiger partial charge in [-0.25, -0.2) is 4.79 Å². The van der Waals surface area contributed by atoms with Crippen molar-refractivity contribution in [3.8, 4) is 0 Å². The van der Waals surface area contributed by atoms with Crippen molar-refractivity contribution in [1.29, 1.82) is 0 Å². The van der Waals surface area contributed by atoms with E-state index in [0.29, 0.717) is 23.7 Å². The normalized spacial score (nSPS) is 15.8. The van der Waals surface area contributed by atoms with Crippen LogP contribution in [-0.4, -0.2) is 29.8 Å². The van der Waals surface area contributed by atoms with Gasteiger partial charge in [0.2, 0.25) is 0 Å². The van der Waals surface area contributed by atoms with Crippen LogP contribution in [0.5, 0.6) is 0 Å². The molecule has 0 radical (unpaired) electrons. The monoisotopic (exact) mass is 252 g/mol. The summed E-state index contributed by atoms with van der Waals surface area (Å²) < 4.78 is 0. The van der Waals surface area contributed by atoms with Gasteiger partial charge in [0, 0.05) is 23.7 Å². The third kappa shape index (κ3) is 3.20. The lowest BCUT2D eigenvalue weighted by Crippen LogP contribution is -2.42. The zero-order valence-corrected chi connectivity index (χ0v) is 10.0. The molecule has 4 nitrogen and oxygen atoms in total. The van der Waals surface area contributed by atoms with Crippen LogP contribution in [0, 0.1) is 0 Å². The van der Waals surface area contributed by atoms with Gasteiger partial charge in [0.25, 0.3) is 0 Å². The van der Waals surface area contributed by atoms with Crippen molar-refractivity contribution in [2.75, 3.05) is 18.4 Å². The largest absolute Gasteiger partial charge is 0.322 e. The summed E-state index contributed by atoms with van der Waals surface area (Å²) in [5.74, 6) is 0.113. The number of halogens is 1. The Labute approximate surface area is 105 Å². The van der Waals surface area contributed by atoms with Gasteiger partial charge in [-0.05, 0) is 30.7 Å². The molecule has 2 rings (SSSR count). The van der Waals surface area contributed by atoms with Crippen LogP contribution < -0.4 is 5.32 Å². The number of carbonyl (C=O) groups excluding carboxylic acids is 2. The maximum absolute atomic E-state index is 11.8. The quantitative estimate of drug-likeness (QED) is 0.835. The number of piperidine rings is 1. The van der Waals surface area contributed by atoms with Crippen LogP contribution in [0.2, 0.25) is 5.02 Å². The van der Waals surface area contributed by atoms with Gasteiger partial charge in [-0.1, -0.05) is 11.6 Å². The molecule has 1 N–H and O–H groups in total. The first-order chi connectivity index (χ1) is 8.15. The number of carbonyl (C=O) groups is 2. The number of likely N-dealkylation sites (tertiary alicyclic amines) is 1. The van der Waals surface area contributed by atoms with Crippen molar-refractivity contribution < 1.29 is 9.59 Å². The van der Waals surface area contributed by atoms with E-state index in [9.17, 15) is 9.59 Å². The topological polar surface area (TPSA) is 49.4 Å². The Bertz CT molecular complexity index is 431. The minimum atomic E-state index is -0.236. The van der Waals surface area contributed by atoms with E-state index in [-0.39, 0.29) is 18.4 Å². The van der Waals surface area contributed by atoms with Crippen molar-refractivity contribution in [1.82, 2.24) is 4.90 Å². The third-order valence-electron chi connectivity index (χ3n) is 2.63. The zero-order chi connectivity index (χ0) is 12.3. The molecule has 0 spiro atoms. The van der Waals surface area contributed by atoms with Gasteiger partial charge in [-0.3, -0.25) is 4.79 Å². The number of benzene rings is 1. The summed E-state index contributed by atoms with van der Waals surface area (Å²) in [6.45, 7) is 0.838. The minimum Gasteiger partial charge on any atom is -0.317 e. The summed E-state index contributed by atoms with van der Waals surface area (Å²) in [7, 11) is 0. The summed E-state index contributed by atoms with van der Waals surface area (Å²) in [4.78, 5) is 24.6. The molecule has 1 heterocycles. The first kappa shape index (κ1) is 11.9. The van der Waals surface area contributed by atoms with Crippen molar-refractivity contribution in [2.45, 2.75) is 12.8 Å². The number of nitrogens with one attached hydrogen (secondary N) is 1. The molecule has 1 fully saturated rings. The number of amides is 2. The molecule has 1 aromatic carbocycles. The molecule has 0 saturated carbocycles. The van der Waals surface area contributed by atoms with Gasteiger partial charge >= 0.3 is 6.03 Å². The Morgan fingerprint density at radius 1 is 1.29 bits per heavy atom. The van der Waals surface area contributed by atoms with Gasteiger partial charge in [-0.15, -0.1) is 0 Å². The van der Waals surface area contributed by atoms with E-state index in [4.69, 9.17) is 11.6 Å². The lowest BCUT2D eigenvalue weighted by Gasteiger charge is -2.25. The van der Waals surface area contributed by atoms with Crippen molar-refractivity contribution >= 4 is 29.1 Å². The number of urea groups is 1. The highest BCUT2D eigenvalue weighted by Gasteiger charge is 2.21. The average molecular weight is 253 g/mol. The minimum absolute atomic E-state index is 0.113. The molecule has 0 unspecified atom stereocenters. The summed E-state index contributed by atoms with van der Waals surface area (Å²) >= 11 is 5.75. The number of nitrogens with zero attached hydrogens (tertiary/aromatic N) is 1. The highest BCUT2D eigenvalue weighted by Crippen LogP contribution is 2.14. The van der Waals surface area contributed by atoms with Crippen LogP contribution in [0.4, 0.5) is 10.5 Å². The van der Waals surface area contributed by atoms with E-state index in [2.05, 4.69) is 5.32 Å². The molecule has 0 atom stereocenters. The molecular formula is C12H13ClN2O2. The van der Waals surface area contributed by atoms with Crippen molar-refractivity contribution in [3.63, 3.8) is 0 Å². The average Bonchev–Trinajstić information content (AvgIpc) is 2.32. The molecule has 2 amide bonds. The Morgan fingerprint density at radius 3 is 2.65 bits per heavy atom. The highest BCUT2D eigenvalue weighted by atomic mass is 35.5. The standard InChI is InChI=1S/C12H13ClN2O2/c13-9-3-5-10(6-4-9)14-12(17)15-7-1-2-11(16)8-15/h3-6H,1-2,7-8H2,(H,14,17). The van der Waals surface area contributed by atoms with Crippen LogP contribution in [0.25, 0.3) is 0 Å². The second kappa shape index (κ2) is 5.19. The number of hydrogen-bond acceptors (Lipinski definition) is 2. The Kier molecular flexibility index (Phi) is 3.64. The molecule has 1 aromatic rings. The summed E-state index contributed by atoms with van der Waals surface area (Å²) in [5.41, 5.74) is 0.678. The fourth-order valence-electron chi connectivity index (χ4n) is 1.75. The summed E-state index contributed by atoms with van der Waals surface area (Å²) in [6.07, 6.45) is 1.32. The molecule has 5 heteroatoms. The van der Waals surface area contributed by atoms with E-state index < -0.39 is 0 Å². The van der Waals surface area contributed by atoms with E-state index in [0.717, 1.165) is 6.42 Å². The Hall–Kier alpha value is -1.55. The second-order valence-electron chi connectivity index (χ2n) is 4.00. The number of rotatable bonds is 1. The van der Waals surface area contributed by atoms with Crippen LogP contribution in [0.1, 0.15) is 12.8 Å². The van der Waals surface area contributed by atoms with Gasteiger partial charge in [0.15, 0.2) is 5.78 Å². The molecular weight excluding hydrogens is 240 g/mol. The van der Waals surface area contributed by atoms with E-state index >= 15 is 0 Å². The van der Waals surface area contributed by atoms with E-state index in [1.165, 1.54) is 4.90 Å². The smallest absolute Gasteiger partial charge is 0.317 e.